The first-order chi connectivity index (χ1) is 10.1. The predicted octanol–water partition coefficient (Wildman–Crippen LogP) is 2.03. The van der Waals surface area contributed by atoms with Crippen LogP contribution in [0, 0.1) is 0 Å². The molecule has 0 atom stereocenters. The molecule has 108 valence electrons. The number of hydrogen-bond donors (Lipinski definition) is 2. The highest BCUT2D eigenvalue weighted by Gasteiger charge is 2.21. The minimum atomic E-state index is -0.332. The fourth-order valence-corrected chi connectivity index (χ4v) is 2.56. The summed E-state index contributed by atoms with van der Waals surface area (Å²) in [5, 5.41) is 9.75. The van der Waals surface area contributed by atoms with Crippen molar-refractivity contribution >= 4 is 33.4 Å². The van der Waals surface area contributed by atoms with E-state index in [0.717, 1.165) is 10.9 Å². The van der Waals surface area contributed by atoms with Crippen LogP contribution < -0.4 is 10.6 Å². The number of amides is 2. The second-order valence-corrected chi connectivity index (χ2v) is 5.63. The van der Waals surface area contributed by atoms with Gasteiger partial charge in [0.05, 0.1) is 0 Å². The molecule has 2 N–H and O–H groups in total. The van der Waals surface area contributed by atoms with Crippen LogP contribution in [0.2, 0.25) is 0 Å². The lowest BCUT2D eigenvalue weighted by atomic mass is 10.3. The van der Waals surface area contributed by atoms with E-state index >= 15 is 0 Å². The first kappa shape index (κ1) is 13.8. The Morgan fingerprint density at radius 2 is 2.24 bits per heavy atom. The number of aromatic nitrogens is 2. The van der Waals surface area contributed by atoms with E-state index in [1.54, 1.807) is 16.8 Å². The minimum Gasteiger partial charge on any atom is -0.351 e. The quantitative estimate of drug-likeness (QED) is 0.871. The molecular weight excluding hydrogens is 336 g/mol. The van der Waals surface area contributed by atoms with Gasteiger partial charge in [0.1, 0.15) is 5.69 Å². The van der Waals surface area contributed by atoms with E-state index in [1.165, 1.54) is 6.07 Å². The lowest BCUT2D eigenvalue weighted by Gasteiger charge is -2.03. The summed E-state index contributed by atoms with van der Waals surface area (Å²) in [5.41, 5.74) is 1.33. The Morgan fingerprint density at radius 3 is 3.05 bits per heavy atom. The van der Waals surface area contributed by atoms with E-state index in [-0.39, 0.29) is 17.5 Å². The van der Waals surface area contributed by atoms with Crippen molar-refractivity contribution in [3.8, 4) is 0 Å². The van der Waals surface area contributed by atoms with Crippen LogP contribution in [0.1, 0.15) is 27.4 Å². The lowest BCUT2D eigenvalue weighted by Crippen LogP contribution is -2.22. The zero-order valence-electron chi connectivity index (χ0n) is 11.1. The van der Waals surface area contributed by atoms with Crippen LogP contribution in [0.25, 0.3) is 0 Å². The van der Waals surface area contributed by atoms with Crippen molar-refractivity contribution in [3.05, 3.63) is 46.2 Å². The zero-order chi connectivity index (χ0) is 14.8. The first-order valence-electron chi connectivity index (χ1n) is 6.56. The van der Waals surface area contributed by atoms with Crippen LogP contribution in [0.15, 0.2) is 34.8 Å². The van der Waals surface area contributed by atoms with Crippen LogP contribution in [0.4, 0.5) is 5.69 Å². The van der Waals surface area contributed by atoms with E-state index in [4.69, 9.17) is 0 Å². The molecule has 0 fully saturated rings. The van der Waals surface area contributed by atoms with Gasteiger partial charge in [-0.15, -0.1) is 0 Å². The van der Waals surface area contributed by atoms with Gasteiger partial charge in [0.2, 0.25) is 0 Å². The third-order valence-corrected chi connectivity index (χ3v) is 3.65. The van der Waals surface area contributed by atoms with Gasteiger partial charge in [0.15, 0.2) is 5.69 Å². The molecule has 7 heteroatoms. The molecule has 2 aromatic rings. The molecule has 0 radical (unpaired) electrons. The van der Waals surface area contributed by atoms with Crippen LogP contribution in [-0.2, 0) is 6.54 Å². The lowest BCUT2D eigenvalue weighted by molar-refractivity contribution is 0.0949. The standard InChI is InChI=1S/C14H13BrN4O2/c15-9-3-1-4-10(7-9)17-13(20)11-8-12-14(21)16-5-2-6-19(12)18-11/h1,3-4,7-8H,2,5-6H2,(H,16,21)(H,17,20). The maximum Gasteiger partial charge on any atom is 0.276 e. The molecule has 1 aromatic carbocycles. The van der Waals surface area contributed by atoms with Crippen molar-refractivity contribution in [1.82, 2.24) is 15.1 Å². The maximum absolute atomic E-state index is 12.2. The smallest absolute Gasteiger partial charge is 0.276 e. The molecule has 6 nitrogen and oxygen atoms in total. The summed E-state index contributed by atoms with van der Waals surface area (Å²) in [4.78, 5) is 24.0. The second-order valence-electron chi connectivity index (χ2n) is 4.71. The van der Waals surface area contributed by atoms with Gasteiger partial charge in [0.25, 0.3) is 11.8 Å². The minimum absolute atomic E-state index is 0.193. The normalized spacial score (nSPS) is 14.0. The fraction of sp³-hybridized carbons (Fsp3) is 0.214. The highest BCUT2D eigenvalue weighted by atomic mass is 79.9. The predicted molar refractivity (Wildman–Crippen MR) is 81.3 cm³/mol. The van der Waals surface area contributed by atoms with Gasteiger partial charge in [-0.25, -0.2) is 0 Å². The Morgan fingerprint density at radius 1 is 1.38 bits per heavy atom. The summed E-state index contributed by atoms with van der Waals surface area (Å²) in [7, 11) is 0. The summed E-state index contributed by atoms with van der Waals surface area (Å²) in [6, 6.07) is 8.81. The number of rotatable bonds is 2. The van der Waals surface area contributed by atoms with Crippen LogP contribution in [0.5, 0.6) is 0 Å². The average Bonchev–Trinajstić information content (AvgIpc) is 2.80. The Kier molecular flexibility index (Phi) is 3.74. The van der Waals surface area contributed by atoms with Gasteiger partial charge in [-0.05, 0) is 24.6 Å². The number of anilines is 1. The van der Waals surface area contributed by atoms with Crippen molar-refractivity contribution in [1.29, 1.82) is 0 Å². The number of halogens is 1. The second kappa shape index (κ2) is 5.69. The number of aryl methyl sites for hydroxylation is 1. The molecule has 2 amide bonds. The van der Waals surface area contributed by atoms with Crippen molar-refractivity contribution in [2.24, 2.45) is 0 Å². The highest BCUT2D eigenvalue weighted by Crippen LogP contribution is 2.17. The number of benzene rings is 1. The summed E-state index contributed by atoms with van der Waals surface area (Å²) >= 11 is 3.35. The Hall–Kier alpha value is -2.15. The molecule has 0 bridgehead atoms. The number of carbonyl (C=O) groups is 2. The van der Waals surface area contributed by atoms with Gasteiger partial charge in [-0.3, -0.25) is 14.3 Å². The fourth-order valence-electron chi connectivity index (χ4n) is 2.16. The molecule has 0 aliphatic carbocycles. The van der Waals surface area contributed by atoms with E-state index in [9.17, 15) is 9.59 Å². The number of fused-ring (bicyclic) bond motifs is 1. The number of nitrogens with one attached hydrogen (secondary N) is 2. The maximum atomic E-state index is 12.2. The first-order valence-corrected chi connectivity index (χ1v) is 7.36. The number of hydrogen-bond acceptors (Lipinski definition) is 3. The summed E-state index contributed by atoms with van der Waals surface area (Å²) < 4.78 is 2.46. The van der Waals surface area contributed by atoms with E-state index < -0.39 is 0 Å². The third kappa shape index (κ3) is 2.97. The van der Waals surface area contributed by atoms with Gasteiger partial charge in [-0.1, -0.05) is 22.0 Å². The molecule has 1 aliphatic heterocycles. The van der Waals surface area contributed by atoms with Gasteiger partial charge in [0, 0.05) is 29.3 Å². The molecular formula is C14H13BrN4O2. The summed E-state index contributed by atoms with van der Waals surface area (Å²) in [5.74, 6) is -0.525. The van der Waals surface area contributed by atoms with E-state index in [0.29, 0.717) is 24.5 Å². The molecule has 21 heavy (non-hydrogen) atoms. The average molecular weight is 349 g/mol. The number of carbonyl (C=O) groups excluding carboxylic acids is 2. The molecule has 0 saturated heterocycles. The number of nitrogens with zero attached hydrogens (tertiary/aromatic N) is 2. The van der Waals surface area contributed by atoms with Gasteiger partial charge >= 0.3 is 0 Å². The molecule has 1 aromatic heterocycles. The topological polar surface area (TPSA) is 76.0 Å². The van der Waals surface area contributed by atoms with Crippen LogP contribution in [0.3, 0.4) is 0 Å². The monoisotopic (exact) mass is 348 g/mol. The summed E-state index contributed by atoms with van der Waals surface area (Å²) in [6.07, 6.45) is 0.799. The van der Waals surface area contributed by atoms with Crippen LogP contribution >= 0.6 is 15.9 Å². The van der Waals surface area contributed by atoms with Crippen molar-refractivity contribution in [3.63, 3.8) is 0 Å². The largest absolute Gasteiger partial charge is 0.351 e. The molecule has 1 aliphatic rings. The molecule has 2 heterocycles. The van der Waals surface area contributed by atoms with Gasteiger partial charge < -0.3 is 10.6 Å². The molecule has 0 spiro atoms. The SMILES string of the molecule is O=C(Nc1cccc(Br)c1)c1cc2n(n1)CCCNC2=O. The van der Waals surface area contributed by atoms with Crippen molar-refractivity contribution < 1.29 is 9.59 Å². The molecule has 0 unspecified atom stereocenters. The van der Waals surface area contributed by atoms with Crippen molar-refractivity contribution in [2.45, 2.75) is 13.0 Å². The summed E-state index contributed by atoms with van der Waals surface area (Å²) in [6.45, 7) is 1.25. The molecule has 0 saturated carbocycles. The van der Waals surface area contributed by atoms with Crippen molar-refractivity contribution in [2.75, 3.05) is 11.9 Å². The zero-order valence-corrected chi connectivity index (χ0v) is 12.7. The Labute approximate surface area is 129 Å². The van der Waals surface area contributed by atoms with E-state index in [2.05, 4.69) is 31.7 Å². The Bertz CT molecular complexity index is 711. The molecule has 3 rings (SSSR count). The highest BCUT2D eigenvalue weighted by molar-refractivity contribution is 9.10. The third-order valence-electron chi connectivity index (χ3n) is 3.16. The Balaban J connectivity index is 1.82. The van der Waals surface area contributed by atoms with Crippen LogP contribution in [-0.4, -0.2) is 28.1 Å². The van der Waals surface area contributed by atoms with E-state index in [1.807, 2.05) is 12.1 Å². The van der Waals surface area contributed by atoms with Gasteiger partial charge in [-0.2, -0.15) is 5.10 Å².